The Hall–Kier alpha value is -4.76. The van der Waals surface area contributed by atoms with Gasteiger partial charge in [0, 0.05) is 83.4 Å². The molecule has 2 atom stereocenters. The van der Waals surface area contributed by atoms with Crippen LogP contribution in [0.25, 0.3) is 0 Å². The molecule has 17 heteroatoms. The number of hydrogen-bond donors (Lipinski definition) is 4. The Kier molecular flexibility index (Phi) is 12.9. The summed E-state index contributed by atoms with van der Waals surface area (Å²) in [6, 6.07) is 20.0. The van der Waals surface area contributed by atoms with Crippen molar-refractivity contribution in [3.8, 4) is 5.75 Å². The van der Waals surface area contributed by atoms with Gasteiger partial charge in [0.05, 0.1) is 36.0 Å². The van der Waals surface area contributed by atoms with E-state index in [2.05, 4.69) is 70.2 Å². The van der Waals surface area contributed by atoms with Gasteiger partial charge in [-0.1, -0.05) is 29.8 Å². The van der Waals surface area contributed by atoms with Crippen molar-refractivity contribution in [2.24, 2.45) is 5.92 Å². The minimum absolute atomic E-state index is 0.167. The molecule has 318 valence electrons. The average molecular weight is 858 g/mol. The first-order valence-electron chi connectivity index (χ1n) is 20.6. The summed E-state index contributed by atoms with van der Waals surface area (Å²) < 4.78 is 29.5. The van der Waals surface area contributed by atoms with Gasteiger partial charge in [0.25, 0.3) is 0 Å². The lowest BCUT2D eigenvalue weighted by atomic mass is 9.95. The third-order valence-electron chi connectivity index (χ3n) is 12.2. The molecule has 0 radical (unpaired) electrons. The van der Waals surface area contributed by atoms with Gasteiger partial charge in [0.1, 0.15) is 10.8 Å². The highest BCUT2D eigenvalue weighted by atomic mass is 35.5. The fourth-order valence-electron chi connectivity index (χ4n) is 8.79. The predicted octanol–water partition coefficient (Wildman–Crippen LogP) is 6.33. The van der Waals surface area contributed by atoms with Gasteiger partial charge in [0.15, 0.2) is 5.82 Å². The molecular weight excluding hydrogens is 805 g/mol. The Labute approximate surface area is 356 Å². The lowest BCUT2D eigenvalue weighted by Crippen LogP contribution is -2.50. The van der Waals surface area contributed by atoms with Crippen LogP contribution in [0.2, 0.25) is 5.02 Å². The Bertz CT molecular complexity index is 2250. The number of rotatable bonds is 14. The van der Waals surface area contributed by atoms with E-state index < -0.39 is 7.60 Å². The number of hydrogen-bond acceptors (Lipinski definition) is 14. The van der Waals surface area contributed by atoms with E-state index in [1.165, 1.54) is 43.7 Å². The van der Waals surface area contributed by atoms with Gasteiger partial charge in [-0.05, 0) is 92.1 Å². The van der Waals surface area contributed by atoms with Crippen LogP contribution in [0.1, 0.15) is 49.7 Å². The molecular formula is C43H53ClN9O6P. The van der Waals surface area contributed by atoms with E-state index in [0.29, 0.717) is 59.0 Å². The number of ether oxygens (including phenoxy) is 1. The molecule has 0 spiro atoms. The van der Waals surface area contributed by atoms with Crippen molar-refractivity contribution in [1.82, 2.24) is 25.5 Å². The molecule has 1 aromatic heterocycles. The standard InChI is InChI=1S/C43H53ClN9O6P/c1-57-38-22-33(12-13-35(38)48-43-46-24-34(44)41(50-43)47-36-8-4-5-9-39(36)60(56,58-2)59-3)51-19-16-28(17-20-51)23-45-31-7-6-18-52(27-31)32-11-10-29-25-53(26-30(29)21-32)37-14-15-40(54)49-42(37)55/h4-5,8-13,21-22,24,28,31,37,45H,6-7,14-20,23,25-27H2,1-3H3,(H,49,54,55)(H2,46,47,48,50)/t31-,37?/m1/s1. The van der Waals surface area contributed by atoms with Crippen LogP contribution in [0.3, 0.4) is 0 Å². The summed E-state index contributed by atoms with van der Waals surface area (Å²) in [5.41, 5.74) is 6.08. The molecule has 0 bridgehead atoms. The molecule has 3 saturated heterocycles. The molecule has 4 aliphatic heterocycles. The predicted molar refractivity (Wildman–Crippen MR) is 234 cm³/mol. The number of piperidine rings is 3. The topological polar surface area (TPSA) is 163 Å². The van der Waals surface area contributed by atoms with Crippen LogP contribution in [0.5, 0.6) is 5.75 Å². The number of carbonyl (C=O) groups excluding carboxylic acids is 2. The van der Waals surface area contributed by atoms with Crippen molar-refractivity contribution < 1.29 is 27.9 Å². The van der Waals surface area contributed by atoms with E-state index in [4.69, 9.17) is 25.4 Å². The first kappa shape index (κ1) is 42.0. The number of carbonyl (C=O) groups is 2. The van der Waals surface area contributed by atoms with Gasteiger partial charge in [0.2, 0.25) is 17.8 Å². The van der Waals surface area contributed by atoms with Crippen LogP contribution in [0, 0.1) is 5.92 Å². The van der Waals surface area contributed by atoms with E-state index in [1.807, 2.05) is 12.1 Å². The SMILES string of the molecule is COc1cc(N2CCC(CN[C@@H]3CCCN(c4ccc5c(c4)CN(C4CCC(=O)NC4=O)C5)C3)CC2)ccc1Nc1ncc(Cl)c(Nc2ccccc2P(=O)(OC)OC)n1. The minimum atomic E-state index is -3.56. The average Bonchev–Trinajstić information content (AvgIpc) is 3.70. The smallest absolute Gasteiger partial charge is 0.362 e. The van der Waals surface area contributed by atoms with Crippen LogP contribution in [-0.2, 0) is 36.3 Å². The molecule has 4 N–H and O–H groups in total. The zero-order valence-electron chi connectivity index (χ0n) is 34.3. The van der Waals surface area contributed by atoms with Crippen molar-refractivity contribution in [1.29, 1.82) is 0 Å². The maximum Gasteiger partial charge on any atom is 0.362 e. The van der Waals surface area contributed by atoms with E-state index >= 15 is 0 Å². The largest absolute Gasteiger partial charge is 0.494 e. The number of nitrogens with one attached hydrogen (secondary N) is 4. The van der Waals surface area contributed by atoms with Gasteiger partial charge >= 0.3 is 7.60 Å². The van der Waals surface area contributed by atoms with Crippen molar-refractivity contribution >= 4 is 70.8 Å². The maximum atomic E-state index is 13.2. The van der Waals surface area contributed by atoms with E-state index in [0.717, 1.165) is 70.8 Å². The Morgan fingerprint density at radius 1 is 0.867 bits per heavy atom. The zero-order valence-corrected chi connectivity index (χ0v) is 35.9. The first-order chi connectivity index (χ1) is 29.1. The normalized spacial score (nSPS) is 20.2. The minimum Gasteiger partial charge on any atom is -0.494 e. The van der Waals surface area contributed by atoms with E-state index in [1.54, 1.807) is 31.4 Å². The molecule has 8 rings (SSSR count). The highest BCUT2D eigenvalue weighted by Crippen LogP contribution is 2.47. The molecule has 5 heterocycles. The molecule has 4 aliphatic rings. The summed E-state index contributed by atoms with van der Waals surface area (Å²) in [5, 5.41) is 13.5. The number of para-hydroxylation sites is 1. The number of benzene rings is 3. The van der Waals surface area contributed by atoms with Gasteiger partial charge < -0.3 is 39.5 Å². The number of methoxy groups -OCH3 is 1. The number of amides is 2. The molecule has 3 fully saturated rings. The molecule has 2 amide bonds. The molecule has 15 nitrogen and oxygen atoms in total. The third-order valence-corrected chi connectivity index (χ3v) is 14.4. The van der Waals surface area contributed by atoms with Crippen molar-refractivity contribution in [3.63, 3.8) is 0 Å². The maximum absolute atomic E-state index is 13.2. The fraction of sp³-hybridized carbons (Fsp3) is 0.442. The summed E-state index contributed by atoms with van der Waals surface area (Å²) in [7, 11) is 0.769. The summed E-state index contributed by atoms with van der Waals surface area (Å²) >= 11 is 6.49. The first-order valence-corrected chi connectivity index (χ1v) is 22.5. The van der Waals surface area contributed by atoms with E-state index in [-0.39, 0.29) is 22.9 Å². The molecule has 0 saturated carbocycles. The summed E-state index contributed by atoms with van der Waals surface area (Å²) in [6.45, 7) is 6.43. The number of nitrogens with zero attached hydrogens (tertiary/aromatic N) is 5. The van der Waals surface area contributed by atoms with Crippen LogP contribution in [0.4, 0.5) is 34.5 Å². The molecule has 1 unspecified atom stereocenters. The zero-order chi connectivity index (χ0) is 41.8. The third kappa shape index (κ3) is 9.26. The number of halogens is 1. The summed E-state index contributed by atoms with van der Waals surface area (Å²) in [6.07, 6.45) is 7.00. The second-order valence-corrected chi connectivity index (χ2v) is 18.5. The number of anilines is 6. The number of imide groups is 1. The van der Waals surface area contributed by atoms with Crippen molar-refractivity contribution in [2.75, 3.05) is 74.5 Å². The second kappa shape index (κ2) is 18.5. The fourth-order valence-corrected chi connectivity index (χ4v) is 10.2. The van der Waals surface area contributed by atoms with Crippen molar-refractivity contribution in [2.45, 2.75) is 63.7 Å². The van der Waals surface area contributed by atoms with Gasteiger partial charge in [-0.3, -0.25) is 24.4 Å². The monoisotopic (exact) mass is 857 g/mol. The van der Waals surface area contributed by atoms with Crippen LogP contribution in [-0.4, -0.2) is 92.8 Å². The van der Waals surface area contributed by atoms with Crippen molar-refractivity contribution in [3.05, 3.63) is 83.0 Å². The molecule has 3 aromatic carbocycles. The van der Waals surface area contributed by atoms with Crippen LogP contribution >= 0.6 is 19.2 Å². The molecule has 4 aromatic rings. The van der Waals surface area contributed by atoms with Gasteiger partial charge in [-0.15, -0.1) is 0 Å². The summed E-state index contributed by atoms with van der Waals surface area (Å²) in [5.74, 6) is 1.54. The Morgan fingerprint density at radius 3 is 2.42 bits per heavy atom. The lowest BCUT2D eigenvalue weighted by Gasteiger charge is -2.37. The highest BCUT2D eigenvalue weighted by Gasteiger charge is 2.35. The van der Waals surface area contributed by atoms with E-state index in [9.17, 15) is 14.2 Å². The van der Waals surface area contributed by atoms with Gasteiger partial charge in [-0.2, -0.15) is 4.98 Å². The van der Waals surface area contributed by atoms with Crippen LogP contribution in [0.15, 0.2) is 66.9 Å². The molecule has 0 aliphatic carbocycles. The number of aromatic nitrogens is 2. The quantitative estimate of drug-likeness (QED) is 0.0822. The lowest BCUT2D eigenvalue weighted by molar-refractivity contribution is -0.137. The summed E-state index contributed by atoms with van der Waals surface area (Å²) in [4.78, 5) is 40.3. The highest BCUT2D eigenvalue weighted by molar-refractivity contribution is 7.62. The van der Waals surface area contributed by atoms with Gasteiger partial charge in [-0.25, -0.2) is 4.98 Å². The Balaban J connectivity index is 0.827. The Morgan fingerprint density at radius 2 is 1.63 bits per heavy atom. The second-order valence-electron chi connectivity index (χ2n) is 15.9. The number of fused-ring (bicyclic) bond motifs is 1. The molecule has 60 heavy (non-hydrogen) atoms. The van der Waals surface area contributed by atoms with Crippen LogP contribution < -0.4 is 41.1 Å².